The molecule has 0 bridgehead atoms. The summed E-state index contributed by atoms with van der Waals surface area (Å²) in [7, 11) is 0. The molecule has 2 aromatic rings. The van der Waals surface area contributed by atoms with E-state index in [1.807, 2.05) is 0 Å². The lowest BCUT2D eigenvalue weighted by molar-refractivity contribution is -0.140. The molecular weight excluding hydrogens is 367 g/mol. The lowest BCUT2D eigenvalue weighted by Crippen LogP contribution is -2.25. The molecule has 2 N–H and O–H groups in total. The van der Waals surface area contributed by atoms with Crippen molar-refractivity contribution >= 4 is 27.5 Å². The fraction of sp³-hybridized carbons (Fsp3) is 0.417. The van der Waals surface area contributed by atoms with Crippen LogP contribution in [0.3, 0.4) is 0 Å². The summed E-state index contributed by atoms with van der Waals surface area (Å²) in [6.45, 7) is 4.68. The number of rotatable bonds is 3. The third-order valence-corrected chi connectivity index (χ3v) is 3.88. The van der Waals surface area contributed by atoms with E-state index in [-0.39, 0.29) is 11.4 Å². The van der Waals surface area contributed by atoms with Gasteiger partial charge in [0.25, 0.3) is 0 Å². The fourth-order valence-corrected chi connectivity index (χ4v) is 2.08. The highest BCUT2D eigenvalue weighted by Gasteiger charge is 2.38. The summed E-state index contributed by atoms with van der Waals surface area (Å²) in [6.07, 6.45) is -3.06. The zero-order valence-electron chi connectivity index (χ0n) is 11.9. The molecule has 0 saturated carbocycles. The van der Waals surface area contributed by atoms with Gasteiger partial charge in [-0.15, -0.1) is 0 Å². The SMILES string of the molecule is Cc1nn(C(C)C(=O)Nc2c(C(F)(F)F)n[nH]c2C)cc1Br. The Balaban J connectivity index is 2.24. The van der Waals surface area contributed by atoms with Gasteiger partial charge in [-0.25, -0.2) is 0 Å². The van der Waals surface area contributed by atoms with Crippen LogP contribution in [0.25, 0.3) is 0 Å². The summed E-state index contributed by atoms with van der Waals surface area (Å²) in [5.41, 5.74) is -0.712. The first-order valence-electron chi connectivity index (χ1n) is 6.25. The van der Waals surface area contributed by atoms with Gasteiger partial charge in [0.05, 0.1) is 21.5 Å². The molecule has 2 rings (SSSR count). The van der Waals surface area contributed by atoms with E-state index in [1.54, 1.807) is 13.1 Å². The fourth-order valence-electron chi connectivity index (χ4n) is 1.79. The maximum absolute atomic E-state index is 12.8. The van der Waals surface area contributed by atoms with Crippen molar-refractivity contribution < 1.29 is 18.0 Å². The summed E-state index contributed by atoms with van der Waals surface area (Å²) >= 11 is 3.26. The second kappa shape index (κ2) is 5.75. The highest BCUT2D eigenvalue weighted by Crippen LogP contribution is 2.35. The van der Waals surface area contributed by atoms with Gasteiger partial charge in [-0.1, -0.05) is 0 Å². The molecule has 22 heavy (non-hydrogen) atoms. The van der Waals surface area contributed by atoms with Crippen LogP contribution in [-0.4, -0.2) is 25.9 Å². The van der Waals surface area contributed by atoms with Crippen LogP contribution in [0.1, 0.15) is 30.0 Å². The van der Waals surface area contributed by atoms with Gasteiger partial charge in [0.1, 0.15) is 6.04 Å². The van der Waals surface area contributed by atoms with Crippen molar-refractivity contribution in [3.8, 4) is 0 Å². The molecule has 0 aliphatic heterocycles. The maximum atomic E-state index is 12.8. The van der Waals surface area contributed by atoms with Gasteiger partial charge in [-0.05, 0) is 36.7 Å². The number of carbonyl (C=O) groups excluding carboxylic acids is 1. The van der Waals surface area contributed by atoms with E-state index in [1.165, 1.54) is 18.5 Å². The van der Waals surface area contributed by atoms with Crippen LogP contribution in [0.15, 0.2) is 10.7 Å². The van der Waals surface area contributed by atoms with Gasteiger partial charge in [-0.3, -0.25) is 14.6 Å². The van der Waals surface area contributed by atoms with Crippen molar-refractivity contribution in [3.05, 3.63) is 27.8 Å². The number of anilines is 1. The normalized spacial score (nSPS) is 13.2. The molecule has 10 heteroatoms. The average Bonchev–Trinajstić information content (AvgIpc) is 2.93. The van der Waals surface area contributed by atoms with Crippen LogP contribution in [-0.2, 0) is 11.0 Å². The predicted molar refractivity (Wildman–Crippen MR) is 76.3 cm³/mol. The quantitative estimate of drug-likeness (QED) is 0.859. The molecule has 1 unspecified atom stereocenters. The molecule has 0 fully saturated rings. The topological polar surface area (TPSA) is 75.6 Å². The molecule has 1 amide bonds. The summed E-state index contributed by atoms with van der Waals surface area (Å²) < 4.78 is 40.6. The number of halogens is 4. The van der Waals surface area contributed by atoms with E-state index < -0.39 is 23.8 Å². The number of amides is 1. The molecule has 1 atom stereocenters. The molecule has 0 saturated heterocycles. The van der Waals surface area contributed by atoms with Crippen molar-refractivity contribution in [2.24, 2.45) is 0 Å². The Morgan fingerprint density at radius 3 is 2.59 bits per heavy atom. The molecule has 0 spiro atoms. The molecule has 0 aliphatic carbocycles. The zero-order valence-corrected chi connectivity index (χ0v) is 13.5. The minimum Gasteiger partial charge on any atom is -0.321 e. The van der Waals surface area contributed by atoms with Crippen LogP contribution in [0.5, 0.6) is 0 Å². The molecule has 0 aliphatic rings. The monoisotopic (exact) mass is 379 g/mol. The van der Waals surface area contributed by atoms with Crippen molar-refractivity contribution in [2.45, 2.75) is 33.0 Å². The third kappa shape index (κ3) is 3.16. The Morgan fingerprint density at radius 1 is 1.45 bits per heavy atom. The Labute approximate surface area is 132 Å². The van der Waals surface area contributed by atoms with Crippen LogP contribution in [0.2, 0.25) is 0 Å². The van der Waals surface area contributed by atoms with Crippen molar-refractivity contribution in [2.75, 3.05) is 5.32 Å². The number of aryl methyl sites for hydroxylation is 2. The van der Waals surface area contributed by atoms with E-state index in [2.05, 4.69) is 36.5 Å². The van der Waals surface area contributed by atoms with Crippen molar-refractivity contribution in [1.29, 1.82) is 0 Å². The maximum Gasteiger partial charge on any atom is 0.437 e. The number of H-pyrrole nitrogens is 1. The second-order valence-corrected chi connectivity index (χ2v) is 5.63. The van der Waals surface area contributed by atoms with E-state index in [0.717, 1.165) is 0 Å². The first-order valence-corrected chi connectivity index (χ1v) is 7.04. The van der Waals surface area contributed by atoms with Crippen LogP contribution >= 0.6 is 15.9 Å². The van der Waals surface area contributed by atoms with Gasteiger partial charge in [0.15, 0.2) is 5.69 Å². The average molecular weight is 380 g/mol. The first-order chi connectivity index (χ1) is 10.1. The molecule has 0 aromatic carbocycles. The number of hydrogen-bond acceptors (Lipinski definition) is 3. The summed E-state index contributed by atoms with van der Waals surface area (Å²) in [4.78, 5) is 12.2. The second-order valence-electron chi connectivity index (χ2n) is 4.78. The van der Waals surface area contributed by atoms with Gasteiger partial charge < -0.3 is 5.32 Å². The Hall–Kier alpha value is -1.84. The van der Waals surface area contributed by atoms with Crippen LogP contribution < -0.4 is 5.32 Å². The summed E-state index contributed by atoms with van der Waals surface area (Å²) in [6, 6.07) is -0.777. The number of aromatic amines is 1. The molecular formula is C12H13BrF3N5O. The standard InChI is InChI=1S/C12H13BrF3N5O/c1-5-8(13)4-21(20-5)7(3)11(22)17-9-6(2)18-19-10(9)12(14,15)16/h4,7H,1-3H3,(H,17,22)(H,18,19). The van der Waals surface area contributed by atoms with E-state index >= 15 is 0 Å². The first kappa shape index (κ1) is 16.5. The lowest BCUT2D eigenvalue weighted by Gasteiger charge is -2.14. The third-order valence-electron chi connectivity index (χ3n) is 3.10. The predicted octanol–water partition coefficient (Wildman–Crippen LogP) is 3.20. The Morgan fingerprint density at radius 2 is 2.09 bits per heavy atom. The molecule has 120 valence electrons. The Kier molecular flexibility index (Phi) is 4.32. The molecule has 2 heterocycles. The van der Waals surface area contributed by atoms with Crippen LogP contribution in [0.4, 0.5) is 18.9 Å². The van der Waals surface area contributed by atoms with E-state index in [4.69, 9.17) is 0 Å². The van der Waals surface area contributed by atoms with E-state index in [0.29, 0.717) is 10.2 Å². The number of hydrogen-bond donors (Lipinski definition) is 2. The zero-order chi connectivity index (χ0) is 16.7. The van der Waals surface area contributed by atoms with E-state index in [9.17, 15) is 18.0 Å². The smallest absolute Gasteiger partial charge is 0.321 e. The minimum atomic E-state index is -4.65. The van der Waals surface area contributed by atoms with Gasteiger partial charge in [0, 0.05) is 6.20 Å². The van der Waals surface area contributed by atoms with Crippen LogP contribution in [0, 0.1) is 13.8 Å². The summed E-state index contributed by atoms with van der Waals surface area (Å²) in [5.74, 6) is -0.620. The minimum absolute atomic E-state index is 0.130. The largest absolute Gasteiger partial charge is 0.437 e. The highest BCUT2D eigenvalue weighted by atomic mass is 79.9. The number of nitrogens with zero attached hydrogens (tertiary/aromatic N) is 3. The summed E-state index contributed by atoms with van der Waals surface area (Å²) in [5, 5.41) is 11.8. The molecule has 0 radical (unpaired) electrons. The molecule has 2 aromatic heterocycles. The van der Waals surface area contributed by atoms with Crippen molar-refractivity contribution in [3.63, 3.8) is 0 Å². The number of nitrogens with one attached hydrogen (secondary N) is 2. The number of aromatic nitrogens is 4. The van der Waals surface area contributed by atoms with Gasteiger partial charge in [-0.2, -0.15) is 23.4 Å². The van der Waals surface area contributed by atoms with Gasteiger partial charge in [0.2, 0.25) is 5.91 Å². The molecule has 6 nitrogen and oxygen atoms in total. The van der Waals surface area contributed by atoms with Gasteiger partial charge >= 0.3 is 6.18 Å². The van der Waals surface area contributed by atoms with Crippen molar-refractivity contribution in [1.82, 2.24) is 20.0 Å². The lowest BCUT2D eigenvalue weighted by atomic mass is 10.2. The number of carbonyl (C=O) groups is 1. The Bertz CT molecular complexity index is 687. The number of alkyl halides is 3. The highest BCUT2D eigenvalue weighted by molar-refractivity contribution is 9.10.